The summed E-state index contributed by atoms with van der Waals surface area (Å²) in [5.41, 5.74) is 2.39. The Kier molecular flexibility index (Phi) is 9.06. The van der Waals surface area contributed by atoms with Crippen molar-refractivity contribution in [3.63, 3.8) is 0 Å². The molecule has 0 spiro atoms. The summed E-state index contributed by atoms with van der Waals surface area (Å²) in [6.45, 7) is 4.32. The van der Waals surface area contributed by atoms with Crippen LogP contribution in [-0.4, -0.2) is 57.2 Å². The van der Waals surface area contributed by atoms with Gasteiger partial charge < -0.3 is 4.90 Å². The van der Waals surface area contributed by atoms with Gasteiger partial charge in [0, 0.05) is 44.9 Å². The molecule has 1 aromatic heterocycles. The number of piperazine rings is 1. The number of hydrogen-bond acceptors (Lipinski definition) is 5. The molecule has 3 aromatic carbocycles. The number of aromatic nitrogens is 2. The van der Waals surface area contributed by atoms with Crippen LogP contribution in [0.1, 0.15) is 31.2 Å². The Morgan fingerprint density at radius 2 is 1.56 bits per heavy atom. The van der Waals surface area contributed by atoms with Gasteiger partial charge >= 0.3 is 0 Å². The summed E-state index contributed by atoms with van der Waals surface area (Å²) in [7, 11) is 0. The highest BCUT2D eigenvalue weighted by molar-refractivity contribution is 7.99. The molecule has 1 amide bonds. The fraction of sp³-hybridized carbons (Fsp3) is 0.323. The van der Waals surface area contributed by atoms with E-state index in [1.54, 1.807) is 22.8 Å². The van der Waals surface area contributed by atoms with Crippen molar-refractivity contribution in [3.8, 4) is 5.69 Å². The molecule has 1 saturated heterocycles. The van der Waals surface area contributed by atoms with Crippen molar-refractivity contribution >= 4 is 28.6 Å². The first kappa shape index (κ1) is 27.1. The zero-order valence-electron chi connectivity index (χ0n) is 22.0. The third-order valence-corrected chi connectivity index (χ3v) is 8.09. The first-order valence-electron chi connectivity index (χ1n) is 13.5. The molecular formula is C31H33FN4O2S. The SMILES string of the molecule is O=C(CCCCCSc1nc2ccccc2c(=O)n1-c1ccc(F)cc1)N1CCN(Cc2ccccc2)CC1. The van der Waals surface area contributed by atoms with Crippen LogP contribution in [0.3, 0.4) is 0 Å². The van der Waals surface area contributed by atoms with Gasteiger partial charge in [0.15, 0.2) is 5.16 Å². The Balaban J connectivity index is 1.09. The third-order valence-electron chi connectivity index (χ3n) is 7.07. The van der Waals surface area contributed by atoms with E-state index >= 15 is 0 Å². The molecule has 0 radical (unpaired) electrons. The smallest absolute Gasteiger partial charge is 0.266 e. The monoisotopic (exact) mass is 544 g/mol. The van der Waals surface area contributed by atoms with E-state index in [0.717, 1.165) is 57.7 Å². The molecule has 0 unspecified atom stereocenters. The van der Waals surface area contributed by atoms with Gasteiger partial charge in [-0.2, -0.15) is 0 Å². The molecule has 0 aliphatic carbocycles. The normalized spacial score (nSPS) is 14.1. The second-order valence-corrected chi connectivity index (χ2v) is 10.9. The van der Waals surface area contributed by atoms with E-state index in [4.69, 9.17) is 4.98 Å². The van der Waals surface area contributed by atoms with Crippen LogP contribution >= 0.6 is 11.8 Å². The van der Waals surface area contributed by atoms with Crippen LogP contribution in [0, 0.1) is 5.82 Å². The van der Waals surface area contributed by atoms with Gasteiger partial charge in [-0.25, -0.2) is 9.37 Å². The number of halogens is 1. The molecule has 2 heterocycles. The zero-order valence-corrected chi connectivity index (χ0v) is 22.8. The maximum atomic E-state index is 13.5. The average molecular weight is 545 g/mol. The highest BCUT2D eigenvalue weighted by Crippen LogP contribution is 2.23. The number of hydrogen-bond donors (Lipinski definition) is 0. The molecule has 5 rings (SSSR count). The second kappa shape index (κ2) is 13.0. The quantitative estimate of drug-likeness (QED) is 0.149. The van der Waals surface area contributed by atoms with Crippen LogP contribution in [0.2, 0.25) is 0 Å². The number of carbonyl (C=O) groups excluding carboxylic acids is 1. The lowest BCUT2D eigenvalue weighted by Crippen LogP contribution is -2.48. The number of fused-ring (bicyclic) bond motifs is 1. The number of benzene rings is 3. The lowest BCUT2D eigenvalue weighted by molar-refractivity contribution is -0.133. The molecule has 0 bridgehead atoms. The molecule has 1 fully saturated rings. The Hall–Kier alpha value is -3.49. The summed E-state index contributed by atoms with van der Waals surface area (Å²) in [6.07, 6.45) is 3.26. The summed E-state index contributed by atoms with van der Waals surface area (Å²) in [6, 6.07) is 23.7. The van der Waals surface area contributed by atoms with Crippen LogP contribution in [0.4, 0.5) is 4.39 Å². The van der Waals surface area contributed by atoms with Crippen molar-refractivity contribution in [1.82, 2.24) is 19.4 Å². The fourth-order valence-electron chi connectivity index (χ4n) is 4.90. The minimum absolute atomic E-state index is 0.163. The third kappa shape index (κ3) is 6.94. The highest BCUT2D eigenvalue weighted by Gasteiger charge is 2.20. The van der Waals surface area contributed by atoms with Gasteiger partial charge in [-0.15, -0.1) is 0 Å². The van der Waals surface area contributed by atoms with Gasteiger partial charge in [0.05, 0.1) is 16.6 Å². The van der Waals surface area contributed by atoms with Crippen molar-refractivity contribution in [3.05, 3.63) is 101 Å². The molecule has 202 valence electrons. The van der Waals surface area contributed by atoms with Crippen molar-refractivity contribution in [1.29, 1.82) is 0 Å². The number of para-hydroxylation sites is 1. The number of thioether (sulfide) groups is 1. The second-order valence-electron chi connectivity index (χ2n) is 9.83. The van der Waals surface area contributed by atoms with Crippen molar-refractivity contribution in [2.45, 2.75) is 37.4 Å². The fourth-order valence-corrected chi connectivity index (χ4v) is 5.91. The van der Waals surface area contributed by atoms with Crippen molar-refractivity contribution < 1.29 is 9.18 Å². The van der Waals surface area contributed by atoms with Crippen LogP contribution < -0.4 is 5.56 Å². The molecule has 8 heteroatoms. The summed E-state index contributed by atoms with van der Waals surface area (Å²) in [5, 5.41) is 1.13. The van der Waals surface area contributed by atoms with Crippen molar-refractivity contribution in [2.75, 3.05) is 31.9 Å². The van der Waals surface area contributed by atoms with Crippen LogP contribution in [0.25, 0.3) is 16.6 Å². The van der Waals surface area contributed by atoms with E-state index < -0.39 is 0 Å². The molecule has 0 N–H and O–H groups in total. The molecular weight excluding hydrogens is 511 g/mol. The van der Waals surface area contributed by atoms with Gasteiger partial charge in [0.2, 0.25) is 5.91 Å². The van der Waals surface area contributed by atoms with E-state index in [9.17, 15) is 14.0 Å². The van der Waals surface area contributed by atoms with Crippen molar-refractivity contribution in [2.24, 2.45) is 0 Å². The summed E-state index contributed by atoms with van der Waals surface area (Å²) in [4.78, 5) is 35.2. The Bertz CT molecular complexity index is 1450. The van der Waals surface area contributed by atoms with E-state index in [2.05, 4.69) is 29.2 Å². The molecule has 1 aliphatic heterocycles. The highest BCUT2D eigenvalue weighted by atomic mass is 32.2. The van der Waals surface area contributed by atoms with Gasteiger partial charge in [-0.3, -0.25) is 19.1 Å². The first-order valence-corrected chi connectivity index (χ1v) is 14.5. The first-order chi connectivity index (χ1) is 19.1. The van der Waals surface area contributed by atoms with Crippen LogP contribution in [0.5, 0.6) is 0 Å². The molecule has 6 nitrogen and oxygen atoms in total. The number of nitrogens with zero attached hydrogens (tertiary/aromatic N) is 4. The van der Waals surface area contributed by atoms with E-state index in [1.165, 1.54) is 29.5 Å². The predicted molar refractivity (Wildman–Crippen MR) is 155 cm³/mol. The molecule has 0 atom stereocenters. The molecule has 1 aliphatic rings. The van der Waals surface area contributed by atoms with Crippen LogP contribution in [-0.2, 0) is 11.3 Å². The minimum Gasteiger partial charge on any atom is -0.340 e. The molecule has 0 saturated carbocycles. The maximum absolute atomic E-state index is 13.5. The Morgan fingerprint density at radius 3 is 2.33 bits per heavy atom. The lowest BCUT2D eigenvalue weighted by Gasteiger charge is -2.34. The molecule has 4 aromatic rings. The summed E-state index contributed by atoms with van der Waals surface area (Å²) >= 11 is 1.52. The number of rotatable bonds is 10. The maximum Gasteiger partial charge on any atom is 0.266 e. The number of carbonyl (C=O) groups is 1. The predicted octanol–water partition coefficient (Wildman–Crippen LogP) is 5.52. The van der Waals surface area contributed by atoms with E-state index in [1.807, 2.05) is 29.2 Å². The zero-order chi connectivity index (χ0) is 27.0. The van der Waals surface area contributed by atoms with Crippen LogP contribution in [0.15, 0.2) is 88.8 Å². The topological polar surface area (TPSA) is 58.4 Å². The largest absolute Gasteiger partial charge is 0.340 e. The standard InChI is InChI=1S/C31H33FN4O2S/c32-25-14-16-26(17-15-25)36-30(38)27-11-6-7-12-28(27)33-31(36)39-22-8-2-5-13-29(37)35-20-18-34(19-21-35)23-24-9-3-1-4-10-24/h1,3-4,6-7,9-12,14-17H,2,5,8,13,18-23H2. The Morgan fingerprint density at radius 1 is 0.846 bits per heavy atom. The number of unbranched alkanes of at least 4 members (excludes halogenated alkanes) is 2. The molecule has 39 heavy (non-hydrogen) atoms. The van der Waals surface area contributed by atoms with Gasteiger partial charge in [0.1, 0.15) is 5.82 Å². The van der Waals surface area contributed by atoms with E-state index in [0.29, 0.717) is 28.2 Å². The van der Waals surface area contributed by atoms with Gasteiger partial charge in [-0.05, 0) is 54.8 Å². The van der Waals surface area contributed by atoms with Gasteiger partial charge in [-0.1, -0.05) is 60.6 Å². The summed E-state index contributed by atoms with van der Waals surface area (Å²) < 4.78 is 15.1. The van der Waals surface area contributed by atoms with E-state index in [-0.39, 0.29) is 17.3 Å². The summed E-state index contributed by atoms with van der Waals surface area (Å²) in [5.74, 6) is 0.667. The average Bonchev–Trinajstić information content (AvgIpc) is 2.96. The number of amides is 1. The lowest BCUT2D eigenvalue weighted by atomic mass is 10.1. The minimum atomic E-state index is -0.349. The Labute approximate surface area is 232 Å². The van der Waals surface area contributed by atoms with Gasteiger partial charge in [0.25, 0.3) is 5.56 Å².